The van der Waals surface area contributed by atoms with Crippen molar-refractivity contribution in [1.29, 1.82) is 0 Å². The first-order valence-corrected chi connectivity index (χ1v) is 7.78. The number of likely N-dealkylation sites (N-methyl/N-ethyl adjacent to an activating group) is 1. The predicted molar refractivity (Wildman–Crippen MR) is 97.2 cm³/mol. The third kappa shape index (κ3) is 3.80. The van der Waals surface area contributed by atoms with Gasteiger partial charge in [0.15, 0.2) is 0 Å². The van der Waals surface area contributed by atoms with Crippen molar-refractivity contribution in [3.05, 3.63) is 35.4 Å². The van der Waals surface area contributed by atoms with Crippen LogP contribution in [0.15, 0.2) is 29.4 Å². The van der Waals surface area contributed by atoms with E-state index in [2.05, 4.69) is 9.89 Å². The molecule has 26 heavy (non-hydrogen) atoms. The van der Waals surface area contributed by atoms with Gasteiger partial charge in [0.05, 0.1) is 13.3 Å². The molecule has 1 aliphatic heterocycles. The summed E-state index contributed by atoms with van der Waals surface area (Å²) in [6.45, 7) is 3.55. The van der Waals surface area contributed by atoms with Crippen molar-refractivity contribution in [3.8, 4) is 0 Å². The number of benzene rings is 1. The third-order valence-electron chi connectivity index (χ3n) is 4.24. The Balaban J connectivity index is 0.00000338. The van der Waals surface area contributed by atoms with Crippen LogP contribution < -0.4 is 0 Å². The quantitative estimate of drug-likeness (QED) is 0.323. The topological polar surface area (TPSA) is 88.5 Å². The lowest BCUT2D eigenvalue weighted by atomic mass is 9.90. The minimum Gasteiger partial charge on any atom is -0.468 e. The fourth-order valence-corrected chi connectivity index (χ4v) is 2.58. The van der Waals surface area contributed by atoms with Gasteiger partial charge < -0.3 is 14.5 Å². The molecule has 1 saturated heterocycles. The van der Waals surface area contributed by atoms with Gasteiger partial charge in [-0.2, -0.15) is 0 Å². The van der Waals surface area contributed by atoms with Crippen molar-refractivity contribution in [2.75, 3.05) is 27.3 Å². The molecule has 2 rings (SSSR count). The summed E-state index contributed by atoms with van der Waals surface area (Å²) < 4.78 is 4.55. The lowest BCUT2D eigenvalue weighted by Gasteiger charge is -2.29. The number of halogens is 1. The van der Waals surface area contributed by atoms with Crippen LogP contribution in [-0.2, 0) is 24.7 Å². The van der Waals surface area contributed by atoms with E-state index >= 15 is 0 Å². The van der Waals surface area contributed by atoms with E-state index in [-0.39, 0.29) is 12.4 Å². The number of nitrogens with zero attached hydrogens (tertiary/aromatic N) is 3. The molecular weight excluding hydrogens is 362 g/mol. The smallest absolute Gasteiger partial charge is 0.328 e. The molecule has 1 atom stereocenters. The maximum atomic E-state index is 12.8. The minimum absolute atomic E-state index is 0. The van der Waals surface area contributed by atoms with Crippen molar-refractivity contribution in [1.82, 2.24) is 9.80 Å². The number of hydrogen-bond donors (Lipinski definition) is 0. The van der Waals surface area contributed by atoms with Crippen LogP contribution in [0.4, 0.5) is 4.79 Å². The first kappa shape index (κ1) is 21.4. The molecule has 0 spiro atoms. The highest BCUT2D eigenvalue weighted by Crippen LogP contribution is 2.35. The average molecular weight is 384 g/mol. The van der Waals surface area contributed by atoms with Crippen LogP contribution in [0.1, 0.15) is 25.0 Å². The van der Waals surface area contributed by atoms with Gasteiger partial charge in [0.1, 0.15) is 18.7 Å². The molecule has 1 aliphatic rings. The molecule has 0 bridgehead atoms. The number of esters is 1. The highest BCUT2D eigenvalue weighted by Gasteiger charge is 2.54. The second kappa shape index (κ2) is 8.66. The van der Waals surface area contributed by atoms with Gasteiger partial charge in [-0.25, -0.2) is 4.79 Å². The molecule has 9 heteroatoms. The molecular formula is C17H22ClN3O5. The lowest BCUT2D eigenvalue weighted by Crippen LogP contribution is -2.42. The molecule has 1 unspecified atom stereocenters. The van der Waals surface area contributed by atoms with E-state index in [1.54, 1.807) is 37.4 Å². The molecule has 1 heterocycles. The maximum Gasteiger partial charge on any atom is 0.328 e. The highest BCUT2D eigenvalue weighted by atomic mass is 35.5. The summed E-state index contributed by atoms with van der Waals surface area (Å²) in [6, 6.07) is 6.50. The lowest BCUT2D eigenvalue weighted by molar-refractivity contribution is -0.145. The van der Waals surface area contributed by atoms with Crippen LogP contribution in [0.25, 0.3) is 0 Å². The molecule has 0 aromatic heterocycles. The van der Waals surface area contributed by atoms with Gasteiger partial charge in [0, 0.05) is 7.05 Å². The fraction of sp³-hybridized carbons (Fsp3) is 0.412. The Bertz CT molecular complexity index is 707. The van der Waals surface area contributed by atoms with Crippen molar-refractivity contribution in [2.24, 2.45) is 5.16 Å². The number of carbonyl (C=O) groups is 3. The van der Waals surface area contributed by atoms with E-state index in [9.17, 15) is 14.4 Å². The summed E-state index contributed by atoms with van der Waals surface area (Å²) in [5, 5.41) is 3.78. The highest BCUT2D eigenvalue weighted by molar-refractivity contribution is 6.08. The first-order chi connectivity index (χ1) is 11.9. The summed E-state index contributed by atoms with van der Waals surface area (Å²) >= 11 is 0. The van der Waals surface area contributed by atoms with Crippen LogP contribution in [0.3, 0.4) is 0 Å². The Morgan fingerprint density at radius 1 is 1.27 bits per heavy atom. The van der Waals surface area contributed by atoms with Crippen molar-refractivity contribution in [2.45, 2.75) is 19.4 Å². The van der Waals surface area contributed by atoms with Crippen LogP contribution in [-0.4, -0.2) is 61.2 Å². The Kier molecular flexibility index (Phi) is 7.14. The molecule has 142 valence electrons. The second-order valence-electron chi connectivity index (χ2n) is 5.66. The summed E-state index contributed by atoms with van der Waals surface area (Å²) in [6.07, 6.45) is 1.56. The van der Waals surface area contributed by atoms with Crippen molar-refractivity contribution >= 4 is 36.5 Å². The van der Waals surface area contributed by atoms with E-state index in [0.29, 0.717) is 12.2 Å². The molecule has 1 aromatic rings. The van der Waals surface area contributed by atoms with E-state index in [4.69, 9.17) is 4.84 Å². The molecule has 0 radical (unpaired) electrons. The number of imide groups is 1. The summed E-state index contributed by atoms with van der Waals surface area (Å²) in [5.41, 5.74) is 0.238. The molecule has 1 aromatic carbocycles. The van der Waals surface area contributed by atoms with Gasteiger partial charge in [-0.3, -0.25) is 14.5 Å². The average Bonchev–Trinajstić information content (AvgIpc) is 2.78. The first-order valence-electron chi connectivity index (χ1n) is 7.78. The van der Waals surface area contributed by atoms with Gasteiger partial charge in [0.25, 0.3) is 5.91 Å². The number of oxime groups is 1. The maximum absolute atomic E-state index is 12.8. The van der Waals surface area contributed by atoms with E-state index in [0.717, 1.165) is 10.5 Å². The van der Waals surface area contributed by atoms with E-state index < -0.39 is 30.0 Å². The summed E-state index contributed by atoms with van der Waals surface area (Å²) in [5.74, 6) is -1.12. The molecule has 3 amide bonds. The minimum atomic E-state index is -1.19. The normalized spacial score (nSPS) is 19.7. The molecule has 1 fully saturated rings. The Labute approximate surface area is 158 Å². The number of amides is 3. The molecule has 0 aliphatic carbocycles. The second-order valence-corrected chi connectivity index (χ2v) is 5.66. The zero-order valence-corrected chi connectivity index (χ0v) is 15.9. The standard InChI is InChI=1S/C17H21N3O5.ClH/c1-5-25-18-10-12-6-8-13(9-7-12)17(2)15(22)20(11-14(21)24-4)16(23)19(17)3;/h6-10H,5,11H2,1-4H3;1H/b18-10+;. The number of hydrogen-bond acceptors (Lipinski definition) is 6. The van der Waals surface area contributed by atoms with E-state index in [1.165, 1.54) is 19.1 Å². The Hall–Kier alpha value is -2.61. The Morgan fingerprint density at radius 3 is 2.42 bits per heavy atom. The predicted octanol–water partition coefficient (Wildman–Crippen LogP) is 1.76. The number of urea groups is 1. The zero-order chi connectivity index (χ0) is 18.6. The number of rotatable bonds is 6. The SMILES string of the molecule is CCO/N=C/c1ccc(C2(C)C(=O)N(CC(=O)OC)C(=O)N2C)cc1.Cl. The molecule has 0 N–H and O–H groups in total. The molecule has 0 saturated carbocycles. The summed E-state index contributed by atoms with van der Waals surface area (Å²) in [7, 11) is 2.74. The van der Waals surface area contributed by atoms with Gasteiger partial charge in [-0.05, 0) is 25.0 Å². The monoisotopic (exact) mass is 383 g/mol. The van der Waals surface area contributed by atoms with Crippen molar-refractivity contribution < 1.29 is 24.0 Å². The van der Waals surface area contributed by atoms with Crippen LogP contribution in [0.5, 0.6) is 0 Å². The summed E-state index contributed by atoms with van der Waals surface area (Å²) in [4.78, 5) is 43.8. The molecule has 8 nitrogen and oxygen atoms in total. The third-order valence-corrected chi connectivity index (χ3v) is 4.24. The fourth-order valence-electron chi connectivity index (χ4n) is 2.58. The largest absolute Gasteiger partial charge is 0.468 e. The van der Waals surface area contributed by atoms with Gasteiger partial charge in [-0.15, -0.1) is 12.4 Å². The van der Waals surface area contributed by atoms with Gasteiger partial charge in [-0.1, -0.05) is 29.4 Å². The Morgan fingerprint density at radius 2 is 1.88 bits per heavy atom. The van der Waals surface area contributed by atoms with Gasteiger partial charge in [0.2, 0.25) is 0 Å². The van der Waals surface area contributed by atoms with Crippen LogP contribution >= 0.6 is 12.4 Å². The zero-order valence-electron chi connectivity index (χ0n) is 15.1. The van der Waals surface area contributed by atoms with Crippen LogP contribution in [0, 0.1) is 0 Å². The number of ether oxygens (including phenoxy) is 1. The van der Waals surface area contributed by atoms with E-state index in [1.807, 2.05) is 6.92 Å². The number of methoxy groups -OCH3 is 1. The number of carbonyl (C=O) groups excluding carboxylic acids is 3. The van der Waals surface area contributed by atoms with Crippen LogP contribution in [0.2, 0.25) is 0 Å². The van der Waals surface area contributed by atoms with Crippen molar-refractivity contribution in [3.63, 3.8) is 0 Å². The van der Waals surface area contributed by atoms with Gasteiger partial charge >= 0.3 is 12.0 Å².